The summed E-state index contributed by atoms with van der Waals surface area (Å²) in [5.74, 6) is -1.50. The predicted octanol–water partition coefficient (Wildman–Crippen LogP) is 0.687. The lowest BCUT2D eigenvalue weighted by molar-refractivity contribution is -0.862. The number of para-hydroxylation sites is 1. The molecule has 0 saturated heterocycles. The molecule has 28 heavy (non-hydrogen) atoms. The second-order valence-corrected chi connectivity index (χ2v) is 6.58. The van der Waals surface area contributed by atoms with E-state index in [0.29, 0.717) is 21.3 Å². The molecule has 0 fully saturated rings. The van der Waals surface area contributed by atoms with Crippen LogP contribution in [-0.4, -0.2) is 44.4 Å². The van der Waals surface area contributed by atoms with E-state index in [1.807, 2.05) is 0 Å². The van der Waals surface area contributed by atoms with Crippen LogP contribution < -0.4 is 20.9 Å². The number of halogens is 2. The molecule has 0 saturated carbocycles. The molecule has 0 heterocycles. The average molecular weight is 408 g/mol. The Kier molecular flexibility index (Phi) is 7.91. The Morgan fingerprint density at radius 3 is 2.25 bits per heavy atom. The minimum Gasteiger partial charge on any atom is -0.342 e. The number of likely N-dealkylation sites (N-methyl/N-ethyl adjacent to an activating group) is 1. The van der Waals surface area contributed by atoms with Crippen LogP contribution >= 0.6 is 11.6 Å². The standard InChI is InChI=1S/C19H20ClFN4O3/c1-25(12-19(28)24-16-5-3-2-4-15(16)20)11-18(27)22-10-17(26)23-14-8-6-13(21)7-9-14/h2-9H,10-12H2,1H3,(H,22,27)(H,23,26)(H,24,28)/p+1. The Balaban J connectivity index is 1.70. The molecule has 4 N–H and O–H groups in total. The Labute approximate surface area is 166 Å². The zero-order valence-corrected chi connectivity index (χ0v) is 16.0. The zero-order valence-electron chi connectivity index (χ0n) is 15.2. The van der Waals surface area contributed by atoms with E-state index in [-0.39, 0.29) is 31.4 Å². The molecule has 7 nitrogen and oxygen atoms in total. The third-order valence-corrected chi connectivity index (χ3v) is 3.98. The number of hydrogen-bond donors (Lipinski definition) is 4. The molecule has 0 aliphatic heterocycles. The lowest BCUT2D eigenvalue weighted by Crippen LogP contribution is -3.11. The van der Waals surface area contributed by atoms with E-state index in [9.17, 15) is 18.8 Å². The predicted molar refractivity (Wildman–Crippen MR) is 105 cm³/mol. The number of carbonyl (C=O) groups excluding carboxylic acids is 3. The van der Waals surface area contributed by atoms with E-state index in [2.05, 4.69) is 16.0 Å². The van der Waals surface area contributed by atoms with E-state index in [1.165, 1.54) is 24.3 Å². The highest BCUT2D eigenvalue weighted by Crippen LogP contribution is 2.19. The molecule has 0 radical (unpaired) electrons. The molecule has 2 rings (SSSR count). The molecule has 0 aromatic heterocycles. The molecular formula is C19H21ClFN4O3+. The molecule has 148 valence electrons. The van der Waals surface area contributed by atoms with Gasteiger partial charge >= 0.3 is 0 Å². The second kappa shape index (κ2) is 10.4. The highest BCUT2D eigenvalue weighted by Gasteiger charge is 2.15. The molecule has 0 aliphatic rings. The molecule has 9 heteroatoms. The SMILES string of the molecule is C[NH+](CC(=O)NCC(=O)Nc1ccc(F)cc1)CC(=O)Nc1ccccc1Cl. The molecular weight excluding hydrogens is 387 g/mol. The topological polar surface area (TPSA) is 91.7 Å². The van der Waals surface area contributed by atoms with Crippen LogP contribution in [0.3, 0.4) is 0 Å². The highest BCUT2D eigenvalue weighted by molar-refractivity contribution is 6.33. The van der Waals surface area contributed by atoms with Gasteiger partial charge in [0.2, 0.25) is 5.91 Å². The van der Waals surface area contributed by atoms with Crippen molar-refractivity contribution in [3.63, 3.8) is 0 Å². The molecule has 0 spiro atoms. The number of benzene rings is 2. The zero-order chi connectivity index (χ0) is 20.5. The van der Waals surface area contributed by atoms with E-state index in [0.717, 1.165) is 0 Å². The van der Waals surface area contributed by atoms with Crippen molar-refractivity contribution < 1.29 is 23.7 Å². The van der Waals surface area contributed by atoms with Crippen LogP contribution in [-0.2, 0) is 14.4 Å². The maximum atomic E-state index is 12.8. The monoisotopic (exact) mass is 407 g/mol. The van der Waals surface area contributed by atoms with Crippen LogP contribution in [0.2, 0.25) is 5.02 Å². The van der Waals surface area contributed by atoms with Crippen molar-refractivity contribution in [3.05, 3.63) is 59.4 Å². The van der Waals surface area contributed by atoms with Gasteiger partial charge in [-0.25, -0.2) is 4.39 Å². The summed E-state index contributed by atoms with van der Waals surface area (Å²) in [5.41, 5.74) is 0.934. The fraction of sp³-hybridized carbons (Fsp3) is 0.211. The molecule has 2 aromatic carbocycles. The van der Waals surface area contributed by atoms with Gasteiger partial charge in [0.1, 0.15) is 5.82 Å². The molecule has 1 atom stereocenters. The summed E-state index contributed by atoms with van der Waals surface area (Å²) < 4.78 is 12.8. The molecule has 0 aliphatic carbocycles. The number of rotatable bonds is 8. The van der Waals surface area contributed by atoms with Crippen LogP contribution in [0.5, 0.6) is 0 Å². The summed E-state index contributed by atoms with van der Waals surface area (Å²) in [4.78, 5) is 36.4. The first-order chi connectivity index (χ1) is 13.3. The fourth-order valence-electron chi connectivity index (χ4n) is 2.35. The van der Waals surface area contributed by atoms with Gasteiger partial charge in [0.15, 0.2) is 13.1 Å². The largest absolute Gasteiger partial charge is 0.342 e. The molecule has 0 bridgehead atoms. The van der Waals surface area contributed by atoms with Crippen molar-refractivity contribution in [2.24, 2.45) is 0 Å². The lowest BCUT2D eigenvalue weighted by atomic mass is 10.3. The van der Waals surface area contributed by atoms with Gasteiger partial charge in [-0.2, -0.15) is 0 Å². The highest BCUT2D eigenvalue weighted by atomic mass is 35.5. The molecule has 1 unspecified atom stereocenters. The summed E-state index contributed by atoms with van der Waals surface area (Å²) in [6, 6.07) is 12.1. The van der Waals surface area contributed by atoms with Crippen LogP contribution in [0.25, 0.3) is 0 Å². The quantitative estimate of drug-likeness (QED) is 0.519. The van der Waals surface area contributed by atoms with Crippen molar-refractivity contribution in [1.82, 2.24) is 5.32 Å². The van der Waals surface area contributed by atoms with Gasteiger partial charge < -0.3 is 20.9 Å². The number of nitrogens with one attached hydrogen (secondary N) is 4. The number of anilines is 2. The third kappa shape index (κ3) is 7.34. The van der Waals surface area contributed by atoms with Gasteiger partial charge in [-0.1, -0.05) is 23.7 Å². The van der Waals surface area contributed by atoms with Crippen LogP contribution in [0.1, 0.15) is 0 Å². The number of carbonyl (C=O) groups is 3. The Hall–Kier alpha value is -2.97. The molecule has 2 aromatic rings. The summed E-state index contributed by atoms with van der Waals surface area (Å²) in [5, 5.41) is 8.13. The van der Waals surface area contributed by atoms with Crippen LogP contribution in [0.15, 0.2) is 48.5 Å². The summed E-state index contributed by atoms with van der Waals surface area (Å²) in [6.07, 6.45) is 0. The van der Waals surface area contributed by atoms with Crippen LogP contribution in [0.4, 0.5) is 15.8 Å². The first-order valence-electron chi connectivity index (χ1n) is 8.51. The van der Waals surface area contributed by atoms with Gasteiger partial charge in [-0.15, -0.1) is 0 Å². The third-order valence-electron chi connectivity index (χ3n) is 3.65. The summed E-state index contributed by atoms with van der Waals surface area (Å²) in [7, 11) is 1.68. The van der Waals surface area contributed by atoms with Crippen molar-refractivity contribution >= 4 is 40.7 Å². The van der Waals surface area contributed by atoms with Crippen molar-refractivity contribution in [2.75, 3.05) is 37.3 Å². The lowest BCUT2D eigenvalue weighted by Gasteiger charge is -2.14. The van der Waals surface area contributed by atoms with Gasteiger partial charge in [0.25, 0.3) is 11.8 Å². The Bertz CT molecular complexity index is 845. The number of hydrogen-bond acceptors (Lipinski definition) is 3. The Morgan fingerprint density at radius 2 is 1.57 bits per heavy atom. The van der Waals surface area contributed by atoms with Crippen molar-refractivity contribution in [2.45, 2.75) is 0 Å². The van der Waals surface area contributed by atoms with Gasteiger partial charge in [0, 0.05) is 5.69 Å². The van der Waals surface area contributed by atoms with E-state index >= 15 is 0 Å². The number of amides is 3. The van der Waals surface area contributed by atoms with Gasteiger partial charge in [-0.05, 0) is 36.4 Å². The normalized spacial score (nSPS) is 11.4. The van der Waals surface area contributed by atoms with Crippen LogP contribution in [0, 0.1) is 5.82 Å². The first kappa shape index (κ1) is 21.3. The fourth-order valence-corrected chi connectivity index (χ4v) is 2.53. The minimum absolute atomic E-state index is 0.0137. The number of quaternary nitrogens is 1. The summed E-state index contributed by atoms with van der Waals surface area (Å²) in [6.45, 7) is -0.157. The first-order valence-corrected chi connectivity index (χ1v) is 8.89. The Morgan fingerprint density at radius 1 is 0.929 bits per heavy atom. The van der Waals surface area contributed by atoms with Gasteiger partial charge in [0.05, 0.1) is 24.3 Å². The van der Waals surface area contributed by atoms with Crippen molar-refractivity contribution in [3.8, 4) is 0 Å². The molecule has 3 amide bonds. The van der Waals surface area contributed by atoms with E-state index in [1.54, 1.807) is 31.3 Å². The smallest absolute Gasteiger partial charge is 0.279 e. The average Bonchev–Trinajstić information content (AvgIpc) is 2.63. The maximum Gasteiger partial charge on any atom is 0.279 e. The maximum absolute atomic E-state index is 12.8. The summed E-state index contributed by atoms with van der Waals surface area (Å²) >= 11 is 5.98. The second-order valence-electron chi connectivity index (χ2n) is 6.17. The minimum atomic E-state index is -0.436. The van der Waals surface area contributed by atoms with Gasteiger partial charge in [-0.3, -0.25) is 14.4 Å². The van der Waals surface area contributed by atoms with E-state index < -0.39 is 11.7 Å². The van der Waals surface area contributed by atoms with Crippen molar-refractivity contribution in [1.29, 1.82) is 0 Å². The van der Waals surface area contributed by atoms with E-state index in [4.69, 9.17) is 11.6 Å².